The number of halogens is 1. The molecule has 3 aromatic carbocycles. The lowest BCUT2D eigenvalue weighted by Crippen LogP contribution is -2.19. The highest BCUT2D eigenvalue weighted by Gasteiger charge is 2.38. The monoisotopic (exact) mass is 406 g/mol. The molecule has 4 rings (SSSR count). The highest BCUT2D eigenvalue weighted by atomic mass is 79.9. The van der Waals surface area contributed by atoms with Crippen molar-refractivity contribution in [2.24, 2.45) is 0 Å². The van der Waals surface area contributed by atoms with Crippen molar-refractivity contribution in [3.05, 3.63) is 81.8 Å². The maximum Gasteiger partial charge on any atom is 0.0846 e. The van der Waals surface area contributed by atoms with Gasteiger partial charge in [0.2, 0.25) is 0 Å². The van der Waals surface area contributed by atoms with E-state index >= 15 is 0 Å². The van der Waals surface area contributed by atoms with Crippen molar-refractivity contribution in [3.8, 4) is 22.3 Å². The first kappa shape index (κ1) is 17.5. The van der Waals surface area contributed by atoms with Crippen LogP contribution in [0.15, 0.2) is 65.1 Å². The van der Waals surface area contributed by atoms with Crippen LogP contribution < -0.4 is 0 Å². The van der Waals surface area contributed by atoms with Gasteiger partial charge in [-0.05, 0) is 64.9 Å². The van der Waals surface area contributed by atoms with Crippen molar-refractivity contribution < 1.29 is 5.11 Å². The van der Waals surface area contributed by atoms with Gasteiger partial charge in [-0.25, -0.2) is 0 Å². The van der Waals surface area contributed by atoms with Gasteiger partial charge in [0.1, 0.15) is 0 Å². The van der Waals surface area contributed by atoms with E-state index in [1.54, 1.807) is 0 Å². The van der Waals surface area contributed by atoms with Gasteiger partial charge in [-0.1, -0.05) is 78.3 Å². The Labute approximate surface area is 163 Å². The van der Waals surface area contributed by atoms with Crippen LogP contribution in [-0.4, -0.2) is 5.11 Å². The van der Waals surface area contributed by atoms with Gasteiger partial charge in [0.15, 0.2) is 0 Å². The van der Waals surface area contributed by atoms with Gasteiger partial charge < -0.3 is 5.11 Å². The van der Waals surface area contributed by atoms with Crippen molar-refractivity contribution in [3.63, 3.8) is 0 Å². The van der Waals surface area contributed by atoms with E-state index in [1.165, 1.54) is 27.8 Å². The number of aliphatic hydroxyl groups is 1. The van der Waals surface area contributed by atoms with E-state index in [4.69, 9.17) is 0 Å². The first-order valence-electron chi connectivity index (χ1n) is 8.97. The second kappa shape index (κ2) is 5.80. The summed E-state index contributed by atoms with van der Waals surface area (Å²) in [4.78, 5) is 0. The highest BCUT2D eigenvalue weighted by Crippen LogP contribution is 2.53. The Hall–Kier alpha value is -1.90. The van der Waals surface area contributed by atoms with E-state index < -0.39 is 5.60 Å². The van der Waals surface area contributed by atoms with Crippen LogP contribution in [0.25, 0.3) is 22.3 Å². The Morgan fingerprint density at radius 1 is 0.808 bits per heavy atom. The molecule has 0 amide bonds. The van der Waals surface area contributed by atoms with Crippen LogP contribution in [0.5, 0.6) is 0 Å². The normalized spacial score (nSPS) is 14.8. The molecule has 1 N–H and O–H groups in total. The fourth-order valence-corrected chi connectivity index (χ4v) is 4.69. The smallest absolute Gasteiger partial charge is 0.0846 e. The summed E-state index contributed by atoms with van der Waals surface area (Å²) < 4.78 is 1.11. The Morgan fingerprint density at radius 3 is 2.12 bits per heavy atom. The molecule has 0 spiro atoms. The molecule has 0 unspecified atom stereocenters. The van der Waals surface area contributed by atoms with Crippen LogP contribution in [0, 0.1) is 0 Å². The van der Waals surface area contributed by atoms with Gasteiger partial charge in [0, 0.05) is 9.89 Å². The van der Waals surface area contributed by atoms with Gasteiger partial charge in [-0.2, -0.15) is 0 Å². The van der Waals surface area contributed by atoms with E-state index in [1.807, 2.05) is 26.0 Å². The molecular weight excluding hydrogens is 384 g/mol. The number of benzene rings is 3. The van der Waals surface area contributed by atoms with Crippen LogP contribution in [0.4, 0.5) is 0 Å². The summed E-state index contributed by atoms with van der Waals surface area (Å²) in [5.74, 6) is 0. The summed E-state index contributed by atoms with van der Waals surface area (Å²) in [6.45, 7) is 8.29. The molecule has 0 aliphatic heterocycles. The molecule has 3 aromatic rings. The van der Waals surface area contributed by atoms with Gasteiger partial charge in [0.05, 0.1) is 5.60 Å². The number of hydrogen-bond donors (Lipinski definition) is 1. The minimum Gasteiger partial charge on any atom is -0.386 e. The molecule has 1 aliphatic carbocycles. The molecule has 26 heavy (non-hydrogen) atoms. The Kier molecular flexibility index (Phi) is 3.91. The molecule has 1 aliphatic rings. The van der Waals surface area contributed by atoms with E-state index in [0.29, 0.717) is 0 Å². The number of rotatable bonds is 2. The van der Waals surface area contributed by atoms with Crippen molar-refractivity contribution in [2.75, 3.05) is 0 Å². The summed E-state index contributed by atoms with van der Waals surface area (Å²) >= 11 is 3.63. The summed E-state index contributed by atoms with van der Waals surface area (Å²) in [6, 6.07) is 21.3. The average Bonchev–Trinajstić information content (AvgIpc) is 2.82. The maximum atomic E-state index is 10.7. The minimum absolute atomic E-state index is 0.0995. The van der Waals surface area contributed by atoms with Gasteiger partial charge in [0.25, 0.3) is 0 Å². The SMILES string of the molecule is CC(C)(O)c1ccccc1-c1cccc2c1C(C)(C)c1cc(Br)ccc1-2. The molecule has 0 bridgehead atoms. The molecule has 2 heteroatoms. The highest BCUT2D eigenvalue weighted by molar-refractivity contribution is 9.10. The molecule has 0 radical (unpaired) electrons. The number of fused-ring (bicyclic) bond motifs is 3. The maximum absolute atomic E-state index is 10.7. The van der Waals surface area contributed by atoms with Crippen LogP contribution in [0.3, 0.4) is 0 Å². The lowest BCUT2D eigenvalue weighted by Gasteiger charge is -2.27. The van der Waals surface area contributed by atoms with Crippen LogP contribution in [-0.2, 0) is 11.0 Å². The van der Waals surface area contributed by atoms with Crippen molar-refractivity contribution >= 4 is 15.9 Å². The quantitative estimate of drug-likeness (QED) is 0.504. The Bertz CT molecular complexity index is 1010. The van der Waals surface area contributed by atoms with Gasteiger partial charge >= 0.3 is 0 Å². The van der Waals surface area contributed by atoms with Crippen LogP contribution in [0.1, 0.15) is 44.4 Å². The van der Waals surface area contributed by atoms with E-state index in [-0.39, 0.29) is 5.41 Å². The Balaban J connectivity index is 2.04. The largest absolute Gasteiger partial charge is 0.386 e. The summed E-state index contributed by atoms with van der Waals surface area (Å²) in [5.41, 5.74) is 7.56. The fraction of sp³-hybridized carbons (Fsp3) is 0.250. The molecule has 0 fully saturated rings. The zero-order valence-corrected chi connectivity index (χ0v) is 17.2. The topological polar surface area (TPSA) is 20.2 Å². The zero-order chi connectivity index (χ0) is 18.7. The van der Waals surface area contributed by atoms with E-state index in [0.717, 1.165) is 15.6 Å². The lowest BCUT2D eigenvalue weighted by atomic mass is 9.77. The second-order valence-electron chi connectivity index (χ2n) is 8.15. The molecule has 1 nitrogen and oxygen atoms in total. The van der Waals surface area contributed by atoms with E-state index in [9.17, 15) is 5.11 Å². The standard InChI is InChI=1S/C24H23BrO/c1-23(2)21-14-15(25)12-13-17(21)19-10-7-9-18(22(19)23)16-8-5-6-11-20(16)24(3,4)26/h5-14,26H,1-4H3. The predicted octanol–water partition coefficient (Wildman–Crippen LogP) is 6.65. The van der Waals surface area contributed by atoms with Crippen molar-refractivity contribution in [1.82, 2.24) is 0 Å². The van der Waals surface area contributed by atoms with Crippen LogP contribution in [0.2, 0.25) is 0 Å². The van der Waals surface area contributed by atoms with Gasteiger partial charge in [-0.15, -0.1) is 0 Å². The molecule has 0 aromatic heterocycles. The summed E-state index contributed by atoms with van der Waals surface area (Å²) in [6.07, 6.45) is 0. The van der Waals surface area contributed by atoms with Crippen molar-refractivity contribution in [1.29, 1.82) is 0 Å². The predicted molar refractivity (Wildman–Crippen MR) is 112 cm³/mol. The third kappa shape index (κ3) is 2.55. The number of hydrogen-bond acceptors (Lipinski definition) is 1. The lowest BCUT2D eigenvalue weighted by molar-refractivity contribution is 0.0792. The first-order valence-corrected chi connectivity index (χ1v) is 9.76. The molecule has 132 valence electrons. The summed E-state index contributed by atoms with van der Waals surface area (Å²) in [7, 11) is 0. The van der Waals surface area contributed by atoms with Crippen LogP contribution >= 0.6 is 15.9 Å². The first-order chi connectivity index (χ1) is 12.2. The molecule has 0 saturated carbocycles. The average molecular weight is 407 g/mol. The molecule has 0 atom stereocenters. The molecule has 0 heterocycles. The molecular formula is C24H23BrO. The van der Waals surface area contributed by atoms with Gasteiger partial charge in [-0.3, -0.25) is 0 Å². The molecule has 0 saturated heterocycles. The zero-order valence-electron chi connectivity index (χ0n) is 15.6. The summed E-state index contributed by atoms with van der Waals surface area (Å²) in [5, 5.41) is 10.7. The van der Waals surface area contributed by atoms with Crippen molar-refractivity contribution in [2.45, 2.75) is 38.7 Å². The fourth-order valence-electron chi connectivity index (χ4n) is 4.33. The second-order valence-corrected chi connectivity index (χ2v) is 9.06. The third-order valence-corrected chi connectivity index (χ3v) is 6.00. The Morgan fingerprint density at radius 2 is 1.42 bits per heavy atom. The third-order valence-electron chi connectivity index (χ3n) is 5.51. The minimum atomic E-state index is -0.891. The van der Waals surface area contributed by atoms with E-state index in [2.05, 4.69) is 78.3 Å².